The van der Waals surface area contributed by atoms with Crippen LogP contribution in [0.3, 0.4) is 0 Å². The molecule has 0 saturated carbocycles. The number of esters is 1. The second-order valence-electron chi connectivity index (χ2n) is 9.02. The van der Waals surface area contributed by atoms with Crippen LogP contribution < -0.4 is 9.47 Å². The molecule has 4 rings (SSSR count). The highest BCUT2D eigenvalue weighted by Gasteiger charge is 2.45. The van der Waals surface area contributed by atoms with Gasteiger partial charge in [0, 0.05) is 29.3 Å². The summed E-state index contributed by atoms with van der Waals surface area (Å²) in [5, 5.41) is 0. The first-order valence-corrected chi connectivity index (χ1v) is 12.3. The highest BCUT2D eigenvalue weighted by molar-refractivity contribution is 6.09. The number of hydrogen-bond donors (Lipinski definition) is 0. The van der Waals surface area contributed by atoms with Crippen molar-refractivity contribution in [2.45, 2.75) is 51.9 Å². The van der Waals surface area contributed by atoms with Gasteiger partial charge in [0.25, 0.3) is 0 Å². The van der Waals surface area contributed by atoms with Crippen molar-refractivity contribution in [3.63, 3.8) is 0 Å². The Hall–Kier alpha value is -3.41. The van der Waals surface area contributed by atoms with Crippen molar-refractivity contribution in [1.29, 1.82) is 0 Å². The van der Waals surface area contributed by atoms with Crippen LogP contribution in [0, 0.1) is 5.92 Å². The standard InChI is InChI=1S/C29H33NO5/c1-5-14-35-29(32)26-18(3)30-22-15-21(19-10-8-7-9-11-19)16-23(31)28(22)27(26)20-12-13-24(34-6-2)25(17-20)33-4/h7-13,17,21,26-27H,5-6,14-16H2,1-4H3/t21-,26?,27-/m0/s1. The summed E-state index contributed by atoms with van der Waals surface area (Å²) in [6, 6.07) is 15.7. The Morgan fingerprint density at radius 1 is 1.03 bits per heavy atom. The molecule has 1 heterocycles. The molecule has 0 aromatic heterocycles. The van der Waals surface area contributed by atoms with E-state index in [1.54, 1.807) is 7.11 Å². The predicted octanol–water partition coefficient (Wildman–Crippen LogP) is 5.62. The lowest BCUT2D eigenvalue weighted by atomic mass is 9.69. The number of rotatable bonds is 8. The third kappa shape index (κ3) is 5.02. The highest BCUT2D eigenvalue weighted by Crippen LogP contribution is 2.48. The molecule has 2 aliphatic rings. The fraction of sp³-hybridized carbons (Fsp3) is 0.414. The van der Waals surface area contributed by atoms with Crippen molar-refractivity contribution >= 4 is 17.5 Å². The first kappa shape index (κ1) is 24.7. The number of methoxy groups -OCH3 is 1. The van der Waals surface area contributed by atoms with Gasteiger partial charge in [-0.3, -0.25) is 14.6 Å². The lowest BCUT2D eigenvalue weighted by Gasteiger charge is -2.36. The summed E-state index contributed by atoms with van der Waals surface area (Å²) in [6.45, 7) is 6.56. The van der Waals surface area contributed by atoms with Gasteiger partial charge in [-0.05, 0) is 55.9 Å². The van der Waals surface area contributed by atoms with Crippen LogP contribution in [-0.4, -0.2) is 37.8 Å². The first-order chi connectivity index (χ1) is 17.0. The Bertz CT molecular complexity index is 1150. The van der Waals surface area contributed by atoms with Crippen LogP contribution in [0.15, 0.2) is 64.8 Å². The second-order valence-corrected chi connectivity index (χ2v) is 9.02. The van der Waals surface area contributed by atoms with Crippen LogP contribution in [0.4, 0.5) is 0 Å². The van der Waals surface area contributed by atoms with E-state index in [1.165, 1.54) is 0 Å². The molecule has 1 unspecified atom stereocenters. The minimum atomic E-state index is -0.667. The number of allylic oxidation sites excluding steroid dienone is 2. The highest BCUT2D eigenvalue weighted by atomic mass is 16.5. The lowest BCUT2D eigenvalue weighted by Crippen LogP contribution is -2.38. The summed E-state index contributed by atoms with van der Waals surface area (Å²) in [5.74, 6) is -0.215. The van der Waals surface area contributed by atoms with E-state index >= 15 is 0 Å². The van der Waals surface area contributed by atoms with E-state index in [0.29, 0.717) is 48.8 Å². The summed E-state index contributed by atoms with van der Waals surface area (Å²) in [5.41, 5.74) is 4.00. The fourth-order valence-corrected chi connectivity index (χ4v) is 5.13. The van der Waals surface area contributed by atoms with Gasteiger partial charge in [0.05, 0.1) is 20.3 Å². The van der Waals surface area contributed by atoms with E-state index < -0.39 is 11.8 Å². The van der Waals surface area contributed by atoms with Crippen LogP contribution in [0.2, 0.25) is 0 Å². The zero-order valence-corrected chi connectivity index (χ0v) is 20.9. The summed E-state index contributed by atoms with van der Waals surface area (Å²) >= 11 is 0. The van der Waals surface area contributed by atoms with Crippen LogP contribution in [0.1, 0.15) is 63.0 Å². The SMILES string of the molecule is CCCOC(=O)C1C(C)=NC2=C(C(=O)C[C@@H](c3ccccc3)C2)[C@H]1c1ccc(OCC)c(OC)c1. The molecule has 184 valence electrons. The second kappa shape index (κ2) is 10.9. The molecule has 0 saturated heterocycles. The van der Waals surface area contributed by atoms with Gasteiger partial charge in [-0.1, -0.05) is 43.3 Å². The molecule has 6 nitrogen and oxygen atoms in total. The maximum absolute atomic E-state index is 13.7. The van der Waals surface area contributed by atoms with Crippen LogP contribution in [0.5, 0.6) is 11.5 Å². The van der Waals surface area contributed by atoms with E-state index in [2.05, 4.69) is 12.1 Å². The monoisotopic (exact) mass is 475 g/mol. The molecule has 35 heavy (non-hydrogen) atoms. The third-order valence-corrected chi connectivity index (χ3v) is 6.71. The van der Waals surface area contributed by atoms with Crippen LogP contribution in [-0.2, 0) is 14.3 Å². The quantitative estimate of drug-likeness (QED) is 0.463. The van der Waals surface area contributed by atoms with Crippen molar-refractivity contribution in [2.24, 2.45) is 10.9 Å². The third-order valence-electron chi connectivity index (χ3n) is 6.71. The first-order valence-electron chi connectivity index (χ1n) is 12.3. The average molecular weight is 476 g/mol. The van der Waals surface area contributed by atoms with Crippen molar-refractivity contribution in [3.8, 4) is 11.5 Å². The maximum Gasteiger partial charge on any atom is 0.315 e. The molecule has 2 aromatic rings. The van der Waals surface area contributed by atoms with Crippen molar-refractivity contribution in [1.82, 2.24) is 0 Å². The van der Waals surface area contributed by atoms with Gasteiger partial charge in [0.2, 0.25) is 0 Å². The normalized spacial score (nSPS) is 21.8. The largest absolute Gasteiger partial charge is 0.493 e. The van der Waals surface area contributed by atoms with Gasteiger partial charge >= 0.3 is 5.97 Å². The summed E-state index contributed by atoms with van der Waals surface area (Å²) in [6.07, 6.45) is 1.77. The van der Waals surface area contributed by atoms with Gasteiger partial charge in [-0.15, -0.1) is 0 Å². The molecular formula is C29H33NO5. The predicted molar refractivity (Wildman–Crippen MR) is 135 cm³/mol. The van der Waals surface area contributed by atoms with Crippen LogP contribution >= 0.6 is 0 Å². The molecule has 6 heteroatoms. The van der Waals surface area contributed by atoms with Crippen molar-refractivity contribution in [3.05, 3.63) is 70.9 Å². The Morgan fingerprint density at radius 2 is 1.80 bits per heavy atom. The van der Waals surface area contributed by atoms with E-state index in [4.69, 9.17) is 19.2 Å². The number of carbonyl (C=O) groups is 2. The number of ketones is 1. The minimum Gasteiger partial charge on any atom is -0.493 e. The van der Waals surface area contributed by atoms with Crippen LogP contribution in [0.25, 0.3) is 0 Å². The molecule has 1 aliphatic carbocycles. The Balaban J connectivity index is 1.81. The van der Waals surface area contributed by atoms with Gasteiger partial charge in [0.1, 0.15) is 5.92 Å². The number of ether oxygens (including phenoxy) is 3. The zero-order chi connectivity index (χ0) is 24.9. The van der Waals surface area contributed by atoms with Gasteiger partial charge in [-0.2, -0.15) is 0 Å². The summed E-state index contributed by atoms with van der Waals surface area (Å²) in [4.78, 5) is 31.7. The molecule has 3 atom stereocenters. The van der Waals surface area contributed by atoms with Crippen molar-refractivity contribution in [2.75, 3.05) is 20.3 Å². The van der Waals surface area contributed by atoms with Gasteiger partial charge in [-0.25, -0.2) is 0 Å². The molecule has 0 N–H and O–H groups in total. The average Bonchev–Trinajstić information content (AvgIpc) is 2.87. The smallest absolute Gasteiger partial charge is 0.315 e. The topological polar surface area (TPSA) is 74.2 Å². The Labute approximate surface area is 207 Å². The molecule has 0 bridgehead atoms. The van der Waals surface area contributed by atoms with E-state index in [1.807, 2.05) is 57.2 Å². The van der Waals surface area contributed by atoms with E-state index in [0.717, 1.165) is 23.2 Å². The van der Waals surface area contributed by atoms with Gasteiger partial charge in [0.15, 0.2) is 17.3 Å². The van der Waals surface area contributed by atoms with E-state index in [9.17, 15) is 9.59 Å². The molecule has 1 aliphatic heterocycles. The van der Waals surface area contributed by atoms with Gasteiger partial charge < -0.3 is 14.2 Å². The number of benzene rings is 2. The molecular weight excluding hydrogens is 442 g/mol. The number of nitrogens with zero attached hydrogens (tertiary/aromatic N) is 1. The molecule has 0 spiro atoms. The zero-order valence-electron chi connectivity index (χ0n) is 20.9. The van der Waals surface area contributed by atoms with Crippen molar-refractivity contribution < 1.29 is 23.8 Å². The number of carbonyl (C=O) groups excluding carboxylic acids is 2. The number of aliphatic imine (C=N–C) groups is 1. The fourth-order valence-electron chi connectivity index (χ4n) is 5.13. The number of Topliss-reactive ketones (excluding diaryl/α,β-unsaturated/α-hetero) is 1. The molecule has 0 amide bonds. The lowest BCUT2D eigenvalue weighted by molar-refractivity contribution is -0.146. The summed E-state index contributed by atoms with van der Waals surface area (Å²) < 4.78 is 16.8. The van der Waals surface area contributed by atoms with E-state index in [-0.39, 0.29) is 17.7 Å². The Morgan fingerprint density at radius 3 is 2.49 bits per heavy atom. The molecule has 0 fully saturated rings. The summed E-state index contributed by atoms with van der Waals surface area (Å²) in [7, 11) is 1.59. The maximum atomic E-state index is 13.7. The molecule has 2 aromatic carbocycles. The minimum absolute atomic E-state index is 0.0301. The number of hydrogen-bond acceptors (Lipinski definition) is 6. The molecule has 0 radical (unpaired) electrons. The Kier molecular flexibility index (Phi) is 7.69.